The Morgan fingerprint density at radius 1 is 1.24 bits per heavy atom. The Balaban J connectivity index is 1.56. The lowest BCUT2D eigenvalue weighted by Crippen LogP contribution is -2.41. The fourth-order valence-electron chi connectivity index (χ4n) is 4.06. The zero-order valence-corrected chi connectivity index (χ0v) is 17.6. The summed E-state index contributed by atoms with van der Waals surface area (Å²) in [7, 11) is 1.68. The van der Waals surface area contributed by atoms with E-state index in [1.165, 1.54) is 30.6 Å². The van der Waals surface area contributed by atoms with E-state index in [9.17, 15) is 4.79 Å². The summed E-state index contributed by atoms with van der Waals surface area (Å²) in [6.07, 6.45) is 9.62. The number of hydrogen-bond acceptors (Lipinski definition) is 4. The third-order valence-electron chi connectivity index (χ3n) is 5.61. The lowest BCUT2D eigenvalue weighted by molar-refractivity contribution is 0.0610. The molecule has 3 aromatic rings. The van der Waals surface area contributed by atoms with Gasteiger partial charge in [-0.3, -0.25) is 4.79 Å². The van der Waals surface area contributed by atoms with E-state index < -0.39 is 0 Å². The highest BCUT2D eigenvalue weighted by Gasteiger charge is 2.28. The Hall–Kier alpha value is -2.60. The van der Waals surface area contributed by atoms with Crippen molar-refractivity contribution in [3.8, 4) is 5.75 Å². The molecule has 4 rings (SSSR count). The molecule has 0 N–H and O–H groups in total. The molecule has 2 aromatic heterocycles. The van der Waals surface area contributed by atoms with E-state index in [-0.39, 0.29) is 5.91 Å². The maximum Gasteiger partial charge on any atom is 0.264 e. The molecule has 0 unspecified atom stereocenters. The van der Waals surface area contributed by atoms with Crippen molar-refractivity contribution >= 4 is 17.2 Å². The molecule has 0 spiro atoms. The Bertz CT molecular complexity index is 929. The number of carbonyl (C=O) groups is 1. The van der Waals surface area contributed by atoms with E-state index in [1.54, 1.807) is 7.11 Å². The van der Waals surface area contributed by atoms with Crippen LogP contribution in [0.1, 0.15) is 53.2 Å². The van der Waals surface area contributed by atoms with Gasteiger partial charge in [-0.1, -0.05) is 37.5 Å². The van der Waals surface area contributed by atoms with Gasteiger partial charge in [-0.15, -0.1) is 11.3 Å². The molecule has 5 nitrogen and oxygen atoms in total. The Morgan fingerprint density at radius 3 is 2.86 bits per heavy atom. The van der Waals surface area contributed by atoms with Gasteiger partial charge in [0, 0.05) is 25.0 Å². The van der Waals surface area contributed by atoms with Gasteiger partial charge in [0.05, 0.1) is 18.5 Å². The third kappa shape index (κ3) is 4.70. The minimum atomic E-state index is 0.128. The maximum atomic E-state index is 13.3. The minimum absolute atomic E-state index is 0.128. The summed E-state index contributed by atoms with van der Waals surface area (Å²) in [5, 5.41) is 1.97. The lowest BCUT2D eigenvalue weighted by Gasteiger charge is -2.34. The molecule has 0 aliphatic heterocycles. The fourth-order valence-corrected chi connectivity index (χ4v) is 4.74. The average molecular weight is 410 g/mol. The quantitative estimate of drug-likeness (QED) is 0.553. The molecule has 1 aromatic carbocycles. The Morgan fingerprint density at radius 2 is 2.10 bits per heavy atom. The van der Waals surface area contributed by atoms with Crippen molar-refractivity contribution < 1.29 is 9.53 Å². The van der Waals surface area contributed by atoms with Crippen LogP contribution >= 0.6 is 11.3 Å². The van der Waals surface area contributed by atoms with Crippen LogP contribution in [0.2, 0.25) is 0 Å². The van der Waals surface area contributed by atoms with E-state index in [0.717, 1.165) is 34.9 Å². The van der Waals surface area contributed by atoms with Gasteiger partial charge in [-0.05, 0) is 42.0 Å². The molecule has 1 fully saturated rings. The number of ether oxygens (including phenoxy) is 1. The van der Waals surface area contributed by atoms with Gasteiger partial charge in [0.2, 0.25) is 0 Å². The number of imidazole rings is 1. The predicted octanol–water partition coefficient (Wildman–Crippen LogP) is 4.98. The van der Waals surface area contributed by atoms with E-state index in [0.29, 0.717) is 19.1 Å². The molecular weight excluding hydrogens is 382 g/mol. The van der Waals surface area contributed by atoms with Gasteiger partial charge in [0.15, 0.2) is 0 Å². The number of rotatable bonds is 7. The van der Waals surface area contributed by atoms with Crippen LogP contribution < -0.4 is 4.74 Å². The third-order valence-corrected chi connectivity index (χ3v) is 6.47. The highest BCUT2D eigenvalue weighted by Crippen LogP contribution is 2.27. The summed E-state index contributed by atoms with van der Waals surface area (Å²) in [6.45, 7) is 1.25. The van der Waals surface area contributed by atoms with Crippen molar-refractivity contribution in [1.29, 1.82) is 0 Å². The second-order valence-electron chi connectivity index (χ2n) is 7.53. The molecule has 0 radical (unpaired) electrons. The Kier molecular flexibility index (Phi) is 6.30. The molecule has 1 saturated carbocycles. The van der Waals surface area contributed by atoms with E-state index in [1.807, 2.05) is 48.1 Å². The first-order valence-corrected chi connectivity index (χ1v) is 11.1. The van der Waals surface area contributed by atoms with Gasteiger partial charge >= 0.3 is 0 Å². The summed E-state index contributed by atoms with van der Waals surface area (Å²) < 4.78 is 7.48. The van der Waals surface area contributed by atoms with Gasteiger partial charge in [-0.2, -0.15) is 0 Å². The molecule has 1 amide bonds. The molecule has 2 heterocycles. The molecule has 6 heteroatoms. The number of nitrogens with zero attached hydrogens (tertiary/aromatic N) is 3. The normalized spacial score (nSPS) is 14.7. The van der Waals surface area contributed by atoms with Crippen LogP contribution in [0.4, 0.5) is 0 Å². The van der Waals surface area contributed by atoms with Crippen molar-refractivity contribution in [3.63, 3.8) is 0 Å². The van der Waals surface area contributed by atoms with Crippen LogP contribution in [0.15, 0.2) is 54.2 Å². The van der Waals surface area contributed by atoms with E-state index >= 15 is 0 Å². The molecule has 152 valence electrons. The first-order valence-electron chi connectivity index (χ1n) is 10.2. The molecule has 0 atom stereocenters. The monoisotopic (exact) mass is 409 g/mol. The standard InChI is InChI=1S/C23H27N3O2S/c1-28-20-10-5-7-18(15-20)16-25-13-12-24-22(25)17-26(19-8-3-2-4-9-19)23(27)21-11-6-14-29-21/h5-7,10-15,19H,2-4,8-9,16-17H2,1H3. The number of aromatic nitrogens is 2. The molecule has 1 aliphatic rings. The van der Waals surface area contributed by atoms with Crippen molar-refractivity contribution in [1.82, 2.24) is 14.5 Å². The highest BCUT2D eigenvalue weighted by molar-refractivity contribution is 7.12. The van der Waals surface area contributed by atoms with Crippen molar-refractivity contribution in [2.75, 3.05) is 7.11 Å². The second kappa shape index (κ2) is 9.27. The van der Waals surface area contributed by atoms with Gasteiger partial charge in [-0.25, -0.2) is 4.98 Å². The second-order valence-corrected chi connectivity index (χ2v) is 8.47. The van der Waals surface area contributed by atoms with Crippen LogP contribution in [-0.4, -0.2) is 33.5 Å². The number of hydrogen-bond donors (Lipinski definition) is 0. The summed E-state index contributed by atoms with van der Waals surface area (Å²) in [5.41, 5.74) is 1.15. The summed E-state index contributed by atoms with van der Waals surface area (Å²) in [5.74, 6) is 1.90. The van der Waals surface area contributed by atoms with Crippen molar-refractivity contribution in [3.05, 3.63) is 70.4 Å². The maximum absolute atomic E-state index is 13.3. The van der Waals surface area contributed by atoms with Crippen LogP contribution in [0.25, 0.3) is 0 Å². The number of amides is 1. The Labute approximate surface area is 176 Å². The number of thiophene rings is 1. The SMILES string of the molecule is COc1cccc(Cn2ccnc2CN(C(=O)c2cccs2)C2CCCCC2)c1. The van der Waals surface area contributed by atoms with Crippen molar-refractivity contribution in [2.24, 2.45) is 0 Å². The molecule has 29 heavy (non-hydrogen) atoms. The zero-order valence-electron chi connectivity index (χ0n) is 16.8. The van der Waals surface area contributed by atoms with E-state index in [2.05, 4.69) is 20.5 Å². The highest BCUT2D eigenvalue weighted by atomic mass is 32.1. The van der Waals surface area contributed by atoms with Gasteiger partial charge in [0.25, 0.3) is 5.91 Å². The number of methoxy groups -OCH3 is 1. The minimum Gasteiger partial charge on any atom is -0.497 e. The van der Waals surface area contributed by atoms with Crippen molar-refractivity contribution in [2.45, 2.75) is 51.2 Å². The van der Waals surface area contributed by atoms with E-state index in [4.69, 9.17) is 4.74 Å². The van der Waals surface area contributed by atoms with Crippen LogP contribution in [0.3, 0.4) is 0 Å². The van der Waals surface area contributed by atoms with Crippen LogP contribution in [-0.2, 0) is 13.1 Å². The smallest absolute Gasteiger partial charge is 0.264 e. The lowest BCUT2D eigenvalue weighted by atomic mass is 9.94. The first kappa shape index (κ1) is 19.7. The number of benzene rings is 1. The predicted molar refractivity (Wildman–Crippen MR) is 115 cm³/mol. The fraction of sp³-hybridized carbons (Fsp3) is 0.391. The van der Waals surface area contributed by atoms with Gasteiger partial charge in [0.1, 0.15) is 11.6 Å². The van der Waals surface area contributed by atoms with Gasteiger partial charge < -0.3 is 14.2 Å². The average Bonchev–Trinajstić information content (AvgIpc) is 3.45. The van der Waals surface area contributed by atoms with Crippen LogP contribution in [0, 0.1) is 0 Å². The molecule has 1 aliphatic carbocycles. The first-order chi connectivity index (χ1) is 14.2. The molecular formula is C23H27N3O2S. The molecule has 0 saturated heterocycles. The largest absolute Gasteiger partial charge is 0.497 e. The topological polar surface area (TPSA) is 47.4 Å². The molecule has 0 bridgehead atoms. The van der Waals surface area contributed by atoms with Crippen LogP contribution in [0.5, 0.6) is 5.75 Å². The zero-order chi connectivity index (χ0) is 20.1. The number of carbonyl (C=O) groups excluding carboxylic acids is 1. The summed E-state index contributed by atoms with van der Waals surface area (Å²) in [6, 6.07) is 12.2. The summed E-state index contributed by atoms with van der Waals surface area (Å²) >= 11 is 1.51. The summed E-state index contributed by atoms with van der Waals surface area (Å²) in [4.78, 5) is 20.7.